The maximum atomic E-state index is 15.2. The molecule has 2 heterocycles. The second-order valence-electron chi connectivity index (χ2n) is 12.3. The van der Waals surface area contributed by atoms with Crippen molar-refractivity contribution in [1.82, 2.24) is 20.4 Å². The molecular weight excluding hydrogens is 647 g/mol. The molecule has 258 valence electrons. The lowest BCUT2D eigenvalue weighted by Crippen LogP contribution is -2.59. The number of nitrogens with one attached hydrogen (secondary N) is 3. The van der Waals surface area contributed by atoms with Crippen LogP contribution in [0.5, 0.6) is 0 Å². The van der Waals surface area contributed by atoms with Crippen molar-refractivity contribution in [3.05, 3.63) is 58.1 Å². The van der Waals surface area contributed by atoms with E-state index in [1.54, 1.807) is 6.07 Å². The molecule has 2 aromatic rings. The van der Waals surface area contributed by atoms with Gasteiger partial charge in [-0.25, -0.2) is 8.78 Å². The zero-order valence-electron chi connectivity index (χ0n) is 26.5. The van der Waals surface area contributed by atoms with Crippen LogP contribution in [0.15, 0.2) is 30.3 Å². The van der Waals surface area contributed by atoms with Gasteiger partial charge in [0.1, 0.15) is 6.04 Å². The minimum absolute atomic E-state index is 0.118. The Morgan fingerprint density at radius 2 is 1.81 bits per heavy atom. The van der Waals surface area contributed by atoms with E-state index < -0.39 is 47.7 Å². The van der Waals surface area contributed by atoms with E-state index in [2.05, 4.69) is 16.0 Å². The molecule has 2 saturated heterocycles. The summed E-state index contributed by atoms with van der Waals surface area (Å²) in [5.74, 6) is -4.20. The predicted octanol–water partition coefficient (Wildman–Crippen LogP) is 4.80. The molecule has 0 saturated carbocycles. The normalized spacial score (nSPS) is 19.2. The Balaban J connectivity index is 1.47. The van der Waals surface area contributed by atoms with Crippen molar-refractivity contribution in [2.24, 2.45) is 5.92 Å². The van der Waals surface area contributed by atoms with Gasteiger partial charge in [-0.2, -0.15) is 13.2 Å². The molecule has 0 radical (unpaired) electrons. The molecule has 2 fully saturated rings. The molecule has 0 aliphatic carbocycles. The summed E-state index contributed by atoms with van der Waals surface area (Å²) < 4.78 is 69.3. The zero-order valence-corrected chi connectivity index (χ0v) is 27.3. The molecular formula is C32H40ClF5N6O3. The first kappa shape index (κ1) is 36.3. The molecule has 0 bridgehead atoms. The van der Waals surface area contributed by atoms with Crippen LogP contribution in [0.25, 0.3) is 0 Å². The highest BCUT2D eigenvalue weighted by Crippen LogP contribution is 2.33. The molecule has 2 atom stereocenters. The number of piperazine rings is 2. The van der Waals surface area contributed by atoms with Crippen LogP contribution in [0.1, 0.15) is 49.5 Å². The van der Waals surface area contributed by atoms with Crippen molar-refractivity contribution in [3.63, 3.8) is 0 Å². The Bertz CT molecular complexity index is 1460. The number of nitrogens with zero attached hydrogens (tertiary/aromatic N) is 3. The fourth-order valence-corrected chi connectivity index (χ4v) is 6.19. The third-order valence-corrected chi connectivity index (χ3v) is 8.62. The summed E-state index contributed by atoms with van der Waals surface area (Å²) >= 11 is 6.29. The Hall–Kier alpha value is -3.49. The van der Waals surface area contributed by atoms with Crippen LogP contribution in [0.2, 0.25) is 5.02 Å². The first-order valence-corrected chi connectivity index (χ1v) is 15.9. The second-order valence-corrected chi connectivity index (χ2v) is 12.7. The van der Waals surface area contributed by atoms with E-state index in [1.807, 2.05) is 23.6 Å². The molecule has 15 heteroatoms. The zero-order chi connectivity index (χ0) is 34.5. The third-order valence-electron chi connectivity index (χ3n) is 8.39. The quantitative estimate of drug-likeness (QED) is 0.311. The number of benzene rings is 2. The average molecular weight is 687 g/mol. The van der Waals surface area contributed by atoms with Gasteiger partial charge >= 0.3 is 6.18 Å². The summed E-state index contributed by atoms with van der Waals surface area (Å²) in [6, 6.07) is 6.02. The van der Waals surface area contributed by atoms with E-state index in [0.29, 0.717) is 49.9 Å². The Morgan fingerprint density at radius 3 is 2.49 bits per heavy atom. The van der Waals surface area contributed by atoms with Crippen LogP contribution in [0.3, 0.4) is 0 Å². The lowest BCUT2D eigenvalue weighted by molar-refractivity contribution is -0.140. The molecule has 2 aromatic carbocycles. The molecule has 2 aliphatic heterocycles. The first-order chi connectivity index (χ1) is 22.1. The van der Waals surface area contributed by atoms with E-state index in [1.165, 1.54) is 30.0 Å². The lowest BCUT2D eigenvalue weighted by atomic mass is 9.99. The second kappa shape index (κ2) is 15.6. The first-order valence-electron chi connectivity index (χ1n) is 15.5. The molecule has 2 aliphatic rings. The van der Waals surface area contributed by atoms with Crippen molar-refractivity contribution in [1.29, 1.82) is 0 Å². The van der Waals surface area contributed by atoms with Gasteiger partial charge in [0.2, 0.25) is 11.8 Å². The monoisotopic (exact) mass is 686 g/mol. The van der Waals surface area contributed by atoms with E-state index in [9.17, 15) is 27.6 Å². The highest BCUT2D eigenvalue weighted by molar-refractivity contribution is 6.31. The molecule has 0 spiro atoms. The van der Waals surface area contributed by atoms with Gasteiger partial charge < -0.3 is 25.8 Å². The van der Waals surface area contributed by atoms with Crippen molar-refractivity contribution in [2.75, 3.05) is 56.0 Å². The van der Waals surface area contributed by atoms with Gasteiger partial charge in [-0.1, -0.05) is 31.5 Å². The summed E-state index contributed by atoms with van der Waals surface area (Å²) in [5.41, 5.74) is 0.0375. The maximum Gasteiger partial charge on any atom is 0.390 e. The van der Waals surface area contributed by atoms with Gasteiger partial charge in [0.15, 0.2) is 11.6 Å². The van der Waals surface area contributed by atoms with Gasteiger partial charge in [0.05, 0.1) is 23.4 Å². The largest absolute Gasteiger partial charge is 0.390 e. The van der Waals surface area contributed by atoms with Gasteiger partial charge in [-0.3, -0.25) is 19.3 Å². The summed E-state index contributed by atoms with van der Waals surface area (Å²) in [6.45, 7) is 7.05. The SMILES string of the molecule is CC(=O)N1CCNC[C@H]1C(=O)NCc1ccc(C(=O)Nc2ccc(Cl)cc2N2CCN(CCC(F)(F)F)[C@@H](CC(C)C)C2)c(F)c1F. The molecule has 0 aromatic heterocycles. The van der Waals surface area contributed by atoms with Gasteiger partial charge in [0, 0.05) is 75.9 Å². The molecule has 9 nitrogen and oxygen atoms in total. The van der Waals surface area contributed by atoms with Crippen molar-refractivity contribution >= 4 is 40.7 Å². The summed E-state index contributed by atoms with van der Waals surface area (Å²) in [6.07, 6.45) is -4.53. The topological polar surface area (TPSA) is 97.0 Å². The van der Waals surface area contributed by atoms with Crippen LogP contribution < -0.4 is 20.9 Å². The van der Waals surface area contributed by atoms with E-state index in [-0.39, 0.29) is 48.8 Å². The minimum atomic E-state index is -4.27. The lowest BCUT2D eigenvalue weighted by Gasteiger charge is -2.43. The summed E-state index contributed by atoms with van der Waals surface area (Å²) in [7, 11) is 0. The Labute approximate surface area is 275 Å². The number of amides is 3. The Morgan fingerprint density at radius 1 is 1.06 bits per heavy atom. The van der Waals surface area contributed by atoms with E-state index in [0.717, 1.165) is 6.07 Å². The standard InChI is InChI=1S/C32H40ClF5N6O3/c1-19(2)14-23-18-43(13-12-42(23)10-8-32(36,37)38)26-15-22(33)5-7-25(26)41-30(46)24-6-4-21(28(34)29(24)35)16-40-31(47)27-17-39-9-11-44(27)20(3)45/h4-7,15,19,23,27,39H,8-14,16-18H2,1-3H3,(H,40,47)(H,41,46)/t23-,27-/m0/s1. The highest BCUT2D eigenvalue weighted by atomic mass is 35.5. The average Bonchev–Trinajstić information content (AvgIpc) is 3.01. The minimum Gasteiger partial charge on any atom is -0.367 e. The van der Waals surface area contributed by atoms with Crippen LogP contribution in [0, 0.1) is 17.6 Å². The number of carbonyl (C=O) groups excluding carboxylic acids is 3. The number of halogens is 6. The smallest absolute Gasteiger partial charge is 0.367 e. The number of alkyl halides is 3. The predicted molar refractivity (Wildman–Crippen MR) is 169 cm³/mol. The number of hydrogen-bond acceptors (Lipinski definition) is 6. The van der Waals surface area contributed by atoms with E-state index >= 15 is 8.78 Å². The highest BCUT2D eigenvalue weighted by Gasteiger charge is 2.34. The summed E-state index contributed by atoms with van der Waals surface area (Å²) in [5, 5.41) is 8.56. The number of anilines is 2. The fraction of sp³-hybridized carbons (Fsp3) is 0.531. The molecule has 3 N–H and O–H groups in total. The Kier molecular flexibility index (Phi) is 12.1. The van der Waals surface area contributed by atoms with Crippen LogP contribution in [-0.4, -0.2) is 91.6 Å². The van der Waals surface area contributed by atoms with Gasteiger partial charge in [0.25, 0.3) is 5.91 Å². The molecule has 47 heavy (non-hydrogen) atoms. The maximum absolute atomic E-state index is 15.2. The van der Waals surface area contributed by atoms with Crippen LogP contribution in [-0.2, 0) is 16.1 Å². The van der Waals surface area contributed by atoms with Crippen molar-refractivity contribution in [3.8, 4) is 0 Å². The number of carbonyl (C=O) groups is 3. The summed E-state index contributed by atoms with van der Waals surface area (Å²) in [4.78, 5) is 43.0. The number of hydrogen-bond donors (Lipinski definition) is 3. The van der Waals surface area contributed by atoms with Crippen molar-refractivity contribution in [2.45, 2.75) is 58.4 Å². The molecule has 4 rings (SSSR count). The van der Waals surface area contributed by atoms with E-state index in [4.69, 9.17) is 11.6 Å². The van der Waals surface area contributed by atoms with Crippen LogP contribution >= 0.6 is 11.6 Å². The third kappa shape index (κ3) is 9.54. The molecule has 0 unspecified atom stereocenters. The van der Waals surface area contributed by atoms with Crippen molar-refractivity contribution < 1.29 is 36.3 Å². The van der Waals surface area contributed by atoms with Gasteiger partial charge in [-0.05, 0) is 36.6 Å². The van der Waals surface area contributed by atoms with Crippen LogP contribution in [0.4, 0.5) is 33.3 Å². The van der Waals surface area contributed by atoms with Gasteiger partial charge in [-0.15, -0.1) is 0 Å². The fourth-order valence-electron chi connectivity index (χ4n) is 6.02. The molecule has 3 amide bonds. The number of rotatable bonds is 10.